The van der Waals surface area contributed by atoms with E-state index in [1.807, 2.05) is 0 Å². The molecule has 1 aromatic heterocycles. The van der Waals surface area contributed by atoms with E-state index in [0.717, 1.165) is 19.3 Å². The molecule has 104 valence electrons. The molecule has 0 aliphatic heterocycles. The molecule has 0 saturated carbocycles. The van der Waals surface area contributed by atoms with E-state index in [4.69, 9.17) is 9.84 Å². The van der Waals surface area contributed by atoms with Gasteiger partial charge in [-0.25, -0.2) is 13.1 Å². The van der Waals surface area contributed by atoms with Gasteiger partial charge in [-0.05, 0) is 30.7 Å². The second-order valence-electron chi connectivity index (χ2n) is 3.82. The average molecular weight is 293 g/mol. The molecular weight excluding hydrogens is 274 g/mol. The summed E-state index contributed by atoms with van der Waals surface area (Å²) < 4.78 is 31.3. The van der Waals surface area contributed by atoms with Crippen LogP contribution >= 0.6 is 11.3 Å². The molecule has 0 bridgehead atoms. The first-order chi connectivity index (χ1) is 8.61. The molecule has 7 heteroatoms. The van der Waals surface area contributed by atoms with Crippen LogP contribution in [0.2, 0.25) is 0 Å². The Balaban J connectivity index is 2.41. The van der Waals surface area contributed by atoms with Gasteiger partial charge >= 0.3 is 0 Å². The highest BCUT2D eigenvalue weighted by atomic mass is 32.2. The van der Waals surface area contributed by atoms with Crippen molar-refractivity contribution >= 4 is 21.4 Å². The molecule has 1 aromatic rings. The van der Waals surface area contributed by atoms with Gasteiger partial charge in [0.1, 0.15) is 0 Å². The molecular formula is C11H19NO4S2. The van der Waals surface area contributed by atoms with Crippen molar-refractivity contribution in [3.05, 3.63) is 16.3 Å². The summed E-state index contributed by atoms with van der Waals surface area (Å²) in [5.41, 5.74) is 0. The SMILES string of the molecule is COCCCCCNS(=O)(=O)c1ccsc1CO. The van der Waals surface area contributed by atoms with Crippen molar-refractivity contribution in [3.63, 3.8) is 0 Å². The normalized spacial score (nSPS) is 11.9. The number of sulfonamides is 1. The van der Waals surface area contributed by atoms with Crippen LogP contribution in [-0.4, -0.2) is 33.8 Å². The molecule has 0 spiro atoms. The summed E-state index contributed by atoms with van der Waals surface area (Å²) in [4.78, 5) is 0.661. The zero-order valence-electron chi connectivity index (χ0n) is 10.4. The molecule has 0 saturated heterocycles. The lowest BCUT2D eigenvalue weighted by atomic mass is 10.2. The number of hydrogen-bond donors (Lipinski definition) is 2. The van der Waals surface area contributed by atoms with Gasteiger partial charge in [0.05, 0.1) is 11.5 Å². The number of aliphatic hydroxyl groups excluding tert-OH is 1. The molecule has 5 nitrogen and oxygen atoms in total. The Morgan fingerprint density at radius 3 is 2.83 bits per heavy atom. The molecule has 1 rings (SSSR count). The summed E-state index contributed by atoms with van der Waals surface area (Å²) in [6.07, 6.45) is 2.63. The highest BCUT2D eigenvalue weighted by Gasteiger charge is 2.18. The first-order valence-corrected chi connectivity index (χ1v) is 8.14. The largest absolute Gasteiger partial charge is 0.391 e. The summed E-state index contributed by atoms with van der Waals surface area (Å²) in [7, 11) is -1.83. The molecule has 0 atom stereocenters. The van der Waals surface area contributed by atoms with E-state index < -0.39 is 10.0 Å². The number of unbranched alkanes of at least 4 members (excludes halogenated alkanes) is 2. The van der Waals surface area contributed by atoms with Crippen LogP contribution in [-0.2, 0) is 21.4 Å². The summed E-state index contributed by atoms with van der Waals surface area (Å²) in [5, 5.41) is 10.7. The van der Waals surface area contributed by atoms with Crippen molar-refractivity contribution in [2.75, 3.05) is 20.3 Å². The van der Waals surface area contributed by atoms with Gasteiger partial charge in [0.25, 0.3) is 0 Å². The van der Waals surface area contributed by atoms with Crippen LogP contribution < -0.4 is 4.72 Å². The minimum atomic E-state index is -3.48. The lowest BCUT2D eigenvalue weighted by molar-refractivity contribution is 0.192. The molecule has 0 aromatic carbocycles. The van der Waals surface area contributed by atoms with Crippen LogP contribution in [0.25, 0.3) is 0 Å². The summed E-state index contributed by atoms with van der Waals surface area (Å²) in [6.45, 7) is 0.862. The second-order valence-corrected chi connectivity index (χ2v) is 6.55. The van der Waals surface area contributed by atoms with Gasteiger partial charge in [-0.2, -0.15) is 0 Å². The molecule has 0 amide bonds. The van der Waals surface area contributed by atoms with Crippen LogP contribution in [0.4, 0.5) is 0 Å². The standard InChI is InChI=1S/C11H19NO4S2/c1-16-7-4-2-3-6-12-18(14,15)11-5-8-17-10(11)9-13/h5,8,12-13H,2-4,6-7,9H2,1H3. The zero-order valence-corrected chi connectivity index (χ0v) is 12.0. The third-order valence-corrected chi connectivity index (χ3v) is 5.04. The molecule has 0 radical (unpaired) electrons. The van der Waals surface area contributed by atoms with E-state index in [9.17, 15) is 8.42 Å². The summed E-state index contributed by atoms with van der Waals surface area (Å²) in [5.74, 6) is 0. The predicted octanol–water partition coefficient (Wildman–Crippen LogP) is 1.34. The van der Waals surface area contributed by atoms with E-state index in [0.29, 0.717) is 18.0 Å². The lowest BCUT2D eigenvalue weighted by Gasteiger charge is -2.06. The highest BCUT2D eigenvalue weighted by Crippen LogP contribution is 2.21. The van der Waals surface area contributed by atoms with E-state index >= 15 is 0 Å². The number of hydrogen-bond acceptors (Lipinski definition) is 5. The molecule has 1 heterocycles. The Morgan fingerprint density at radius 2 is 2.17 bits per heavy atom. The lowest BCUT2D eigenvalue weighted by Crippen LogP contribution is -2.25. The first-order valence-electron chi connectivity index (χ1n) is 5.77. The van der Waals surface area contributed by atoms with E-state index in [2.05, 4.69) is 4.72 Å². The molecule has 18 heavy (non-hydrogen) atoms. The van der Waals surface area contributed by atoms with Gasteiger partial charge < -0.3 is 9.84 Å². The Labute approximate surface area is 112 Å². The quantitative estimate of drug-likeness (QED) is 0.674. The van der Waals surface area contributed by atoms with Crippen molar-refractivity contribution in [1.82, 2.24) is 4.72 Å². The van der Waals surface area contributed by atoms with Gasteiger partial charge in [-0.15, -0.1) is 11.3 Å². The first kappa shape index (κ1) is 15.6. The topological polar surface area (TPSA) is 75.6 Å². The molecule has 0 aliphatic rings. The number of thiophene rings is 1. The number of methoxy groups -OCH3 is 1. The number of ether oxygens (including phenoxy) is 1. The maximum atomic E-state index is 11.9. The third kappa shape index (κ3) is 4.66. The zero-order chi connectivity index (χ0) is 13.4. The van der Waals surface area contributed by atoms with Crippen LogP contribution in [0.1, 0.15) is 24.1 Å². The van der Waals surface area contributed by atoms with E-state index in [1.54, 1.807) is 12.5 Å². The Hall–Kier alpha value is -0.470. The Kier molecular flexibility index (Phi) is 6.80. The number of rotatable bonds is 9. The van der Waals surface area contributed by atoms with Crippen molar-refractivity contribution < 1.29 is 18.3 Å². The van der Waals surface area contributed by atoms with Crippen molar-refractivity contribution in [2.24, 2.45) is 0 Å². The van der Waals surface area contributed by atoms with Gasteiger partial charge in [-0.3, -0.25) is 0 Å². The fraction of sp³-hybridized carbons (Fsp3) is 0.636. The van der Waals surface area contributed by atoms with Crippen molar-refractivity contribution in [1.29, 1.82) is 0 Å². The maximum absolute atomic E-state index is 11.9. The van der Waals surface area contributed by atoms with Crippen molar-refractivity contribution in [2.45, 2.75) is 30.8 Å². The average Bonchev–Trinajstić information content (AvgIpc) is 2.82. The Bertz CT molecular complexity index is 442. The van der Waals surface area contributed by atoms with Gasteiger partial charge in [0.2, 0.25) is 10.0 Å². The van der Waals surface area contributed by atoms with Crippen LogP contribution in [0.15, 0.2) is 16.3 Å². The molecule has 0 aliphatic carbocycles. The molecule has 0 unspecified atom stereocenters. The van der Waals surface area contributed by atoms with E-state index in [-0.39, 0.29) is 11.5 Å². The number of nitrogens with one attached hydrogen (secondary N) is 1. The van der Waals surface area contributed by atoms with Crippen LogP contribution in [0.3, 0.4) is 0 Å². The fourth-order valence-corrected chi connectivity index (χ4v) is 3.88. The van der Waals surface area contributed by atoms with Gasteiger partial charge in [0.15, 0.2) is 0 Å². The summed E-state index contributed by atoms with van der Waals surface area (Å²) in [6, 6.07) is 1.52. The monoisotopic (exact) mass is 293 g/mol. The smallest absolute Gasteiger partial charge is 0.241 e. The molecule has 2 N–H and O–H groups in total. The van der Waals surface area contributed by atoms with E-state index in [1.165, 1.54) is 17.4 Å². The van der Waals surface area contributed by atoms with Crippen molar-refractivity contribution in [3.8, 4) is 0 Å². The number of aliphatic hydroxyl groups is 1. The van der Waals surface area contributed by atoms with Crippen LogP contribution in [0.5, 0.6) is 0 Å². The minimum Gasteiger partial charge on any atom is -0.391 e. The third-order valence-electron chi connectivity index (χ3n) is 2.45. The Morgan fingerprint density at radius 1 is 1.39 bits per heavy atom. The van der Waals surface area contributed by atoms with Gasteiger partial charge in [0, 0.05) is 25.1 Å². The highest BCUT2D eigenvalue weighted by molar-refractivity contribution is 7.89. The second kappa shape index (κ2) is 7.85. The maximum Gasteiger partial charge on any atom is 0.241 e. The molecule has 0 fully saturated rings. The van der Waals surface area contributed by atoms with Gasteiger partial charge in [-0.1, -0.05) is 0 Å². The predicted molar refractivity (Wildman–Crippen MR) is 71.2 cm³/mol. The van der Waals surface area contributed by atoms with Crippen LogP contribution in [0, 0.1) is 0 Å². The fourth-order valence-electron chi connectivity index (χ4n) is 1.52. The minimum absolute atomic E-state index is 0.187. The summed E-state index contributed by atoms with van der Waals surface area (Å²) >= 11 is 1.24.